The van der Waals surface area contributed by atoms with Gasteiger partial charge >= 0.3 is 16.2 Å². The summed E-state index contributed by atoms with van der Waals surface area (Å²) in [6.45, 7) is 5.52. The van der Waals surface area contributed by atoms with E-state index in [1.807, 2.05) is 18.3 Å². The molecule has 0 radical (unpaired) electrons. The Hall–Kier alpha value is -5.97. The lowest BCUT2D eigenvalue weighted by atomic mass is 9.56. The van der Waals surface area contributed by atoms with Gasteiger partial charge in [-0.05, 0) is 93.4 Å². The summed E-state index contributed by atoms with van der Waals surface area (Å²) in [7, 11) is -0.812. The zero-order chi connectivity index (χ0) is 43.5. The molecule has 2 N–H and O–H groups in total. The van der Waals surface area contributed by atoms with E-state index in [0.717, 1.165) is 80.8 Å². The first-order valence-corrected chi connectivity index (χ1v) is 22.4. The molecule has 0 unspecified atom stereocenters. The molecule has 2 aromatic heterocycles. The topological polar surface area (TPSA) is 182 Å². The maximum atomic E-state index is 15.7. The maximum absolute atomic E-state index is 15.7. The van der Waals surface area contributed by atoms with Crippen LogP contribution in [0.15, 0.2) is 48.7 Å². The predicted octanol–water partition coefficient (Wildman–Crippen LogP) is 6.14. The third-order valence-corrected chi connectivity index (χ3v) is 14.8. The molecule has 3 aromatic carbocycles. The van der Waals surface area contributed by atoms with Gasteiger partial charge in [0.25, 0.3) is 0 Å². The second-order valence-corrected chi connectivity index (χ2v) is 18.6. The van der Waals surface area contributed by atoms with Crippen LogP contribution in [0, 0.1) is 28.4 Å². The largest absolute Gasteiger partial charge is 0.453 e. The second kappa shape index (κ2) is 16.1. The molecule has 1 saturated carbocycles. The molecular formula is C43H47F2N11O5S. The number of carbonyl (C=O) groups excluding carboxylic acids is 2. The highest BCUT2D eigenvalue weighted by molar-refractivity contribution is 7.90. The molecule has 1 aliphatic carbocycles. The molecule has 3 saturated heterocycles. The van der Waals surface area contributed by atoms with Crippen LogP contribution in [0.4, 0.5) is 30.8 Å². The summed E-state index contributed by atoms with van der Waals surface area (Å²) in [6.07, 6.45) is 8.05. The van der Waals surface area contributed by atoms with Crippen molar-refractivity contribution in [1.29, 1.82) is 5.26 Å². The maximum Gasteiger partial charge on any atom is 0.329 e. The number of piperidine rings is 2. The highest BCUT2D eigenvalue weighted by Crippen LogP contribution is 2.56. The first kappa shape index (κ1) is 41.4. The van der Waals surface area contributed by atoms with Crippen LogP contribution in [0.3, 0.4) is 0 Å². The van der Waals surface area contributed by atoms with Crippen molar-refractivity contribution in [1.82, 2.24) is 34.3 Å². The summed E-state index contributed by atoms with van der Waals surface area (Å²) >= 11 is 0. The SMILES string of the molecule is CCN(C)S(=O)(=O)Nc1ccc(F)c(Oc2ccc3ncc(C4CC5(CCN(C6CCN(c7cc8c(cc7F)c(N7CCC(=O)NC7=O)nn8C)CC6)CC5)C4)nc3c2)c1C#N. The minimum atomic E-state index is -3.97. The summed E-state index contributed by atoms with van der Waals surface area (Å²) in [5.74, 6) is -1.09. The number of nitriles is 1. The Balaban J connectivity index is 0.804. The molecule has 0 atom stereocenters. The van der Waals surface area contributed by atoms with Crippen LogP contribution >= 0.6 is 0 Å². The van der Waals surface area contributed by atoms with E-state index in [1.54, 1.807) is 36.9 Å². The van der Waals surface area contributed by atoms with Gasteiger partial charge in [0, 0.05) is 76.3 Å². The quantitative estimate of drug-likeness (QED) is 0.165. The van der Waals surface area contributed by atoms with E-state index in [0.29, 0.717) is 39.5 Å². The Morgan fingerprint density at radius 3 is 2.48 bits per heavy atom. The van der Waals surface area contributed by atoms with E-state index >= 15 is 8.78 Å². The lowest BCUT2D eigenvalue weighted by Crippen LogP contribution is -2.52. The average Bonchev–Trinajstić information content (AvgIpc) is 3.56. The van der Waals surface area contributed by atoms with Crippen molar-refractivity contribution in [2.45, 2.75) is 63.8 Å². The Labute approximate surface area is 357 Å². The Morgan fingerprint density at radius 1 is 1.02 bits per heavy atom. The number of halogens is 2. The van der Waals surface area contributed by atoms with Gasteiger partial charge in [-0.1, -0.05) is 6.92 Å². The number of imide groups is 1. The van der Waals surface area contributed by atoms with E-state index in [-0.39, 0.29) is 59.6 Å². The number of aromatic nitrogens is 4. The van der Waals surface area contributed by atoms with Crippen molar-refractivity contribution in [2.24, 2.45) is 12.5 Å². The van der Waals surface area contributed by atoms with Gasteiger partial charge in [-0.3, -0.25) is 29.4 Å². The smallest absolute Gasteiger partial charge is 0.329 e. The molecule has 5 aromatic rings. The number of amides is 3. The summed E-state index contributed by atoms with van der Waals surface area (Å²) < 4.78 is 67.1. The number of hydrogen-bond acceptors (Lipinski definition) is 11. The number of urea groups is 1. The number of hydrogen-bond donors (Lipinski definition) is 2. The minimum absolute atomic E-state index is 0.0986. The normalized spacial score (nSPS) is 19.0. The van der Waals surface area contributed by atoms with Crippen LogP contribution in [0.1, 0.15) is 69.0 Å². The number of benzene rings is 3. The first-order chi connectivity index (χ1) is 29.7. The Bertz CT molecular complexity index is 2750. The summed E-state index contributed by atoms with van der Waals surface area (Å²) in [4.78, 5) is 39.9. The van der Waals surface area contributed by atoms with Crippen molar-refractivity contribution in [3.05, 3.63) is 71.6 Å². The van der Waals surface area contributed by atoms with E-state index in [1.165, 1.54) is 24.1 Å². The number of nitrogens with one attached hydrogen (secondary N) is 2. The zero-order valence-corrected chi connectivity index (χ0v) is 35.5. The molecule has 19 heteroatoms. The number of aryl methyl sites for hydroxylation is 1. The number of ether oxygens (including phenoxy) is 1. The summed E-state index contributed by atoms with van der Waals surface area (Å²) in [5.41, 5.74) is 3.19. The lowest BCUT2D eigenvalue weighted by Gasteiger charge is -2.53. The fourth-order valence-corrected chi connectivity index (χ4v) is 10.5. The Morgan fingerprint density at radius 2 is 1.77 bits per heavy atom. The molecule has 9 rings (SSSR count). The van der Waals surface area contributed by atoms with E-state index < -0.39 is 27.8 Å². The fraction of sp³-hybridized carbons (Fsp3) is 0.442. The van der Waals surface area contributed by atoms with Gasteiger partial charge < -0.3 is 14.5 Å². The number of anilines is 3. The molecule has 4 fully saturated rings. The average molecular weight is 868 g/mol. The van der Waals surface area contributed by atoms with E-state index in [4.69, 9.17) is 9.72 Å². The molecule has 5 heterocycles. The fourth-order valence-electron chi connectivity index (χ4n) is 9.52. The van der Waals surface area contributed by atoms with Gasteiger partial charge in [0.15, 0.2) is 17.4 Å². The first-order valence-electron chi connectivity index (χ1n) is 20.9. The van der Waals surface area contributed by atoms with Crippen LogP contribution in [0.25, 0.3) is 21.9 Å². The molecule has 1 spiro atoms. The molecule has 0 bridgehead atoms. The standard InChI is InChI=1S/C43H47F2N11O5S/c1-4-52(2)62(59,60)51-33-8-6-31(44)40(30(33)24-46)61-28-5-7-34-35(19-28)48-36(25-47-34)26-22-43(23-26)12-17-54(18-13-43)27-9-14-55(15-10-27)38-21-37-29(20-32(38)45)41(50-53(37)3)56-16-11-39(57)49-42(56)58/h5-8,19-21,25-27,51H,4,9-18,22-23H2,1-3H3,(H,49,57,58). The third-order valence-electron chi connectivity index (χ3n) is 13.2. The van der Waals surface area contributed by atoms with Crippen molar-refractivity contribution in [3.8, 4) is 17.6 Å². The van der Waals surface area contributed by atoms with Gasteiger partial charge in [-0.25, -0.2) is 18.6 Å². The molecule has 324 valence electrons. The predicted molar refractivity (Wildman–Crippen MR) is 228 cm³/mol. The highest BCUT2D eigenvalue weighted by Gasteiger charge is 2.47. The molecule has 4 aliphatic rings. The van der Waals surface area contributed by atoms with Crippen LogP contribution in [-0.2, 0) is 22.1 Å². The van der Waals surface area contributed by atoms with Crippen molar-refractivity contribution in [3.63, 3.8) is 0 Å². The highest BCUT2D eigenvalue weighted by atomic mass is 32.2. The number of fused-ring (bicyclic) bond motifs is 2. The van der Waals surface area contributed by atoms with Crippen LogP contribution in [0.5, 0.6) is 11.5 Å². The number of rotatable bonds is 10. The molecule has 62 heavy (non-hydrogen) atoms. The second-order valence-electron chi connectivity index (χ2n) is 16.9. The summed E-state index contributed by atoms with van der Waals surface area (Å²) in [6, 6.07) is 12.2. The van der Waals surface area contributed by atoms with Crippen LogP contribution in [-0.4, -0.2) is 102 Å². The van der Waals surface area contributed by atoms with Gasteiger partial charge in [-0.2, -0.15) is 23.1 Å². The Kier molecular flexibility index (Phi) is 10.7. The molecular weight excluding hydrogens is 821 g/mol. The van der Waals surface area contributed by atoms with Gasteiger partial charge in [0.1, 0.15) is 23.2 Å². The van der Waals surface area contributed by atoms with Crippen molar-refractivity contribution >= 4 is 61.3 Å². The molecule has 16 nitrogen and oxygen atoms in total. The lowest BCUT2D eigenvalue weighted by molar-refractivity contribution is -0.120. The number of carbonyl (C=O) groups is 2. The van der Waals surface area contributed by atoms with Crippen molar-refractivity contribution in [2.75, 3.05) is 60.8 Å². The van der Waals surface area contributed by atoms with Crippen molar-refractivity contribution < 1.29 is 31.5 Å². The minimum Gasteiger partial charge on any atom is -0.453 e. The van der Waals surface area contributed by atoms with E-state index in [9.17, 15) is 23.3 Å². The van der Waals surface area contributed by atoms with Gasteiger partial charge in [-0.15, -0.1) is 0 Å². The third kappa shape index (κ3) is 7.64. The van der Waals surface area contributed by atoms with E-state index in [2.05, 4.69) is 29.9 Å². The summed E-state index contributed by atoms with van der Waals surface area (Å²) in [5, 5.41) is 17.3. The van der Waals surface area contributed by atoms with Crippen LogP contribution < -0.4 is 24.6 Å². The molecule has 3 amide bonds. The number of nitrogens with zero attached hydrogens (tertiary/aromatic N) is 9. The van der Waals surface area contributed by atoms with Crippen LogP contribution in [0.2, 0.25) is 0 Å². The zero-order valence-electron chi connectivity index (χ0n) is 34.7. The monoisotopic (exact) mass is 867 g/mol. The van der Waals surface area contributed by atoms with Gasteiger partial charge in [0.05, 0.1) is 33.6 Å². The number of likely N-dealkylation sites (tertiary alicyclic amines) is 1. The van der Waals surface area contributed by atoms with Gasteiger partial charge in [0.2, 0.25) is 5.91 Å². The molecule has 3 aliphatic heterocycles.